The second-order valence-electron chi connectivity index (χ2n) is 6.40. The number of hydrogen-bond acceptors (Lipinski definition) is 6. The van der Waals surface area contributed by atoms with E-state index >= 15 is 0 Å². The molecule has 30 heavy (non-hydrogen) atoms. The minimum absolute atomic E-state index is 0.249. The molecule has 2 rings (SSSR count). The van der Waals surface area contributed by atoms with Crippen LogP contribution in [0.3, 0.4) is 0 Å². The summed E-state index contributed by atoms with van der Waals surface area (Å²) in [6.07, 6.45) is 1.68. The number of allylic oxidation sites excluding steroid dienone is 2. The van der Waals surface area contributed by atoms with Gasteiger partial charge >= 0.3 is 0 Å². The number of aliphatic imine (C=N–C) groups is 1. The van der Waals surface area contributed by atoms with Crippen LogP contribution in [0, 0.1) is 6.92 Å². The van der Waals surface area contributed by atoms with Gasteiger partial charge in [-0.25, -0.2) is 5.48 Å². The van der Waals surface area contributed by atoms with E-state index in [1.54, 1.807) is 32.2 Å². The highest BCUT2D eigenvalue weighted by molar-refractivity contribution is 7.81. The summed E-state index contributed by atoms with van der Waals surface area (Å²) < 4.78 is 0. The van der Waals surface area contributed by atoms with E-state index in [4.69, 9.17) is 39.2 Å². The lowest BCUT2D eigenvalue weighted by Crippen LogP contribution is -2.24. The first-order valence-corrected chi connectivity index (χ1v) is 9.94. The van der Waals surface area contributed by atoms with Crippen LogP contribution in [0.2, 0.25) is 5.02 Å². The summed E-state index contributed by atoms with van der Waals surface area (Å²) in [5.74, 6) is 0.605. The van der Waals surface area contributed by atoms with Crippen LogP contribution in [-0.2, 0) is 16.3 Å². The molecule has 0 amide bonds. The Morgan fingerprint density at radius 3 is 2.57 bits per heavy atom. The predicted molar refractivity (Wildman–Crippen MR) is 127 cm³/mol. The van der Waals surface area contributed by atoms with Gasteiger partial charge in [-0.05, 0) is 43.2 Å². The Morgan fingerprint density at radius 2 is 1.93 bits per heavy atom. The molecule has 0 aliphatic rings. The molecule has 0 radical (unpaired) electrons. The zero-order chi connectivity index (χ0) is 22.1. The van der Waals surface area contributed by atoms with Gasteiger partial charge in [-0.15, -0.1) is 0 Å². The highest BCUT2D eigenvalue weighted by Gasteiger charge is 2.12. The fourth-order valence-electron chi connectivity index (χ4n) is 2.62. The van der Waals surface area contributed by atoms with Crippen LogP contribution < -0.4 is 11.2 Å². The molecule has 0 saturated heterocycles. The van der Waals surface area contributed by atoms with Crippen molar-refractivity contribution in [2.45, 2.75) is 20.5 Å². The van der Waals surface area contributed by atoms with Gasteiger partial charge in [-0.2, -0.15) is 0 Å². The maximum atomic E-state index is 6.13. The van der Waals surface area contributed by atoms with Crippen molar-refractivity contribution in [3.05, 3.63) is 81.5 Å². The van der Waals surface area contributed by atoms with Gasteiger partial charge in [0.2, 0.25) is 0 Å². The average Bonchev–Trinajstić information content (AvgIpc) is 2.73. The van der Waals surface area contributed by atoms with Crippen LogP contribution in [0.5, 0.6) is 0 Å². The number of amidine groups is 1. The van der Waals surface area contributed by atoms with Crippen LogP contribution in [0.25, 0.3) is 0 Å². The quantitative estimate of drug-likeness (QED) is 0.158. The minimum Gasteiger partial charge on any atom is -0.397 e. The van der Waals surface area contributed by atoms with Crippen molar-refractivity contribution in [3.8, 4) is 0 Å². The third kappa shape index (κ3) is 6.38. The summed E-state index contributed by atoms with van der Waals surface area (Å²) in [4.78, 5) is 15.4. The van der Waals surface area contributed by atoms with Crippen LogP contribution in [-0.4, -0.2) is 30.6 Å². The number of hydrogen-bond donors (Lipinski definition) is 2. The molecule has 3 N–H and O–H groups in total. The summed E-state index contributed by atoms with van der Waals surface area (Å²) in [5, 5.41) is 4.79. The number of aryl methyl sites for hydroxylation is 1. The van der Waals surface area contributed by atoms with Gasteiger partial charge in [0.05, 0.1) is 18.5 Å². The Balaban J connectivity index is 2.13. The number of nitrogens with two attached hydrogens (primary N) is 1. The molecule has 158 valence electrons. The molecule has 2 aromatic carbocycles. The minimum atomic E-state index is 0.249. The Kier molecular flexibility index (Phi) is 8.98. The number of thiocarbonyl (C=S) groups is 1. The standard InChI is InChI=1S/C22H25ClN4O2S/c1-14-6-5-7-18(22(25-3)27-28-4)19(14)13-29-26-15(2)20(24)12-21(30)16-8-10-17(23)11-9-16/h5-12H,13,24H2,1-4H3,(H,25,27)/b20-12-,26-15+. The monoisotopic (exact) mass is 444 g/mol. The van der Waals surface area contributed by atoms with Gasteiger partial charge < -0.3 is 10.6 Å². The molecule has 0 unspecified atom stereocenters. The topological polar surface area (TPSA) is 81.2 Å². The third-order valence-electron chi connectivity index (χ3n) is 4.33. The summed E-state index contributed by atoms with van der Waals surface area (Å²) in [6, 6.07) is 13.1. The molecule has 2 aromatic rings. The Labute approximate surface area is 187 Å². The lowest BCUT2D eigenvalue weighted by atomic mass is 10.0. The molecule has 0 aliphatic carbocycles. The van der Waals surface area contributed by atoms with Crippen molar-refractivity contribution >= 4 is 40.2 Å². The SMILES string of the molecule is CN=C(NOC)c1cccc(C)c1CO/N=C(C)/C(N)=C/C(=S)c1ccc(Cl)cc1. The molecule has 0 atom stereocenters. The van der Waals surface area contributed by atoms with E-state index in [0.717, 1.165) is 22.3 Å². The Bertz CT molecular complexity index is 985. The summed E-state index contributed by atoms with van der Waals surface area (Å²) in [6.45, 7) is 4.01. The number of oxime groups is 1. The Morgan fingerprint density at radius 1 is 1.23 bits per heavy atom. The molecule has 0 aromatic heterocycles. The molecular weight excluding hydrogens is 420 g/mol. The van der Waals surface area contributed by atoms with Crippen LogP contribution in [0.1, 0.15) is 29.2 Å². The molecule has 0 saturated carbocycles. The van der Waals surface area contributed by atoms with E-state index in [9.17, 15) is 0 Å². The lowest BCUT2D eigenvalue weighted by Gasteiger charge is -2.14. The first-order valence-electron chi connectivity index (χ1n) is 9.16. The van der Waals surface area contributed by atoms with Gasteiger partial charge in [0, 0.05) is 28.1 Å². The van der Waals surface area contributed by atoms with E-state index in [1.807, 2.05) is 37.3 Å². The zero-order valence-electron chi connectivity index (χ0n) is 17.4. The molecule has 8 heteroatoms. The Hall–Kier alpha value is -2.74. The predicted octanol–water partition coefficient (Wildman–Crippen LogP) is 4.33. The highest BCUT2D eigenvalue weighted by Crippen LogP contribution is 2.17. The van der Waals surface area contributed by atoms with Crippen LogP contribution >= 0.6 is 23.8 Å². The molecule has 0 spiro atoms. The van der Waals surface area contributed by atoms with Gasteiger partial charge in [0.15, 0.2) is 5.84 Å². The number of halogens is 1. The van der Waals surface area contributed by atoms with Crippen molar-refractivity contribution in [2.75, 3.05) is 14.2 Å². The van der Waals surface area contributed by atoms with E-state index in [-0.39, 0.29) is 6.61 Å². The van der Waals surface area contributed by atoms with Gasteiger partial charge in [-0.3, -0.25) is 9.83 Å². The maximum absolute atomic E-state index is 6.13. The first kappa shape index (κ1) is 23.5. The largest absolute Gasteiger partial charge is 0.397 e. The number of nitrogens with one attached hydrogen (secondary N) is 1. The first-order chi connectivity index (χ1) is 14.4. The van der Waals surface area contributed by atoms with Crippen molar-refractivity contribution in [1.82, 2.24) is 5.48 Å². The summed E-state index contributed by atoms with van der Waals surface area (Å²) in [7, 11) is 3.22. The fourth-order valence-corrected chi connectivity index (χ4v) is 3.01. The molecule has 0 aliphatic heterocycles. The van der Waals surface area contributed by atoms with Crippen molar-refractivity contribution in [3.63, 3.8) is 0 Å². The molecule has 6 nitrogen and oxygen atoms in total. The normalized spacial score (nSPS) is 12.6. The van der Waals surface area contributed by atoms with Crippen molar-refractivity contribution < 1.29 is 9.68 Å². The zero-order valence-corrected chi connectivity index (χ0v) is 19.0. The van der Waals surface area contributed by atoms with Crippen LogP contribution in [0.15, 0.2) is 64.4 Å². The van der Waals surface area contributed by atoms with E-state index in [0.29, 0.717) is 27.1 Å². The number of benzene rings is 2. The smallest absolute Gasteiger partial charge is 0.152 e. The molecular formula is C22H25ClN4O2S. The molecule has 0 bridgehead atoms. The van der Waals surface area contributed by atoms with Gasteiger partial charge in [0.25, 0.3) is 0 Å². The summed E-state index contributed by atoms with van der Waals surface area (Å²) in [5.41, 5.74) is 13.6. The molecule has 0 fully saturated rings. The van der Waals surface area contributed by atoms with Crippen molar-refractivity contribution in [1.29, 1.82) is 0 Å². The second kappa shape index (κ2) is 11.4. The van der Waals surface area contributed by atoms with Gasteiger partial charge in [0.1, 0.15) is 6.61 Å². The maximum Gasteiger partial charge on any atom is 0.152 e. The van der Waals surface area contributed by atoms with E-state index in [2.05, 4.69) is 15.6 Å². The van der Waals surface area contributed by atoms with Gasteiger partial charge in [-0.1, -0.05) is 59.3 Å². The van der Waals surface area contributed by atoms with E-state index < -0.39 is 0 Å². The lowest BCUT2D eigenvalue weighted by molar-refractivity contribution is 0.129. The molecule has 0 heterocycles. The fraction of sp³-hybridized carbons (Fsp3) is 0.227. The number of rotatable bonds is 8. The average molecular weight is 445 g/mol. The number of hydroxylamine groups is 1. The number of nitrogens with zero attached hydrogens (tertiary/aromatic N) is 2. The summed E-state index contributed by atoms with van der Waals surface area (Å²) >= 11 is 11.3. The van der Waals surface area contributed by atoms with E-state index in [1.165, 1.54) is 7.11 Å². The second-order valence-corrected chi connectivity index (χ2v) is 7.28. The van der Waals surface area contributed by atoms with Crippen LogP contribution in [0.4, 0.5) is 0 Å². The van der Waals surface area contributed by atoms with Crippen molar-refractivity contribution in [2.24, 2.45) is 15.9 Å². The highest BCUT2D eigenvalue weighted by atomic mass is 35.5. The third-order valence-corrected chi connectivity index (χ3v) is 4.94.